The van der Waals surface area contributed by atoms with Crippen LogP contribution in [-0.4, -0.2) is 42.2 Å². The van der Waals surface area contributed by atoms with Crippen LogP contribution >= 0.6 is 0 Å². The van der Waals surface area contributed by atoms with Crippen LogP contribution < -0.4 is 10.2 Å². The first-order valence-corrected chi connectivity index (χ1v) is 6.98. The van der Waals surface area contributed by atoms with Crippen molar-refractivity contribution in [3.8, 4) is 0 Å². The maximum Gasteiger partial charge on any atom is 0.249 e. The number of carbonyl (C=O) groups is 1. The van der Waals surface area contributed by atoms with Gasteiger partial charge >= 0.3 is 0 Å². The summed E-state index contributed by atoms with van der Waals surface area (Å²) in [6.07, 6.45) is 5.99. The Morgan fingerprint density at radius 2 is 2.18 bits per heavy atom. The number of anilines is 2. The molecule has 1 aliphatic heterocycles. The molecule has 2 aromatic rings. The Balaban J connectivity index is 1.63. The van der Waals surface area contributed by atoms with Gasteiger partial charge in [0.1, 0.15) is 23.7 Å². The lowest BCUT2D eigenvalue weighted by Crippen LogP contribution is -2.36. The highest BCUT2D eigenvalue weighted by atomic mass is 16.5. The quantitative estimate of drug-likeness (QED) is 0.863. The van der Waals surface area contributed by atoms with E-state index in [4.69, 9.17) is 9.15 Å². The number of ether oxygens (including phenoxy) is 1. The maximum atomic E-state index is 11.9. The normalized spacial score (nSPS) is 15.2. The Morgan fingerprint density at radius 3 is 2.95 bits per heavy atom. The molecule has 1 fully saturated rings. The van der Waals surface area contributed by atoms with Crippen molar-refractivity contribution >= 4 is 23.6 Å². The number of nitrogens with one attached hydrogen (secondary N) is 1. The zero-order valence-electron chi connectivity index (χ0n) is 11.9. The van der Waals surface area contributed by atoms with Crippen molar-refractivity contribution in [2.75, 3.05) is 36.5 Å². The highest BCUT2D eigenvalue weighted by molar-refractivity contribution is 6.01. The Morgan fingerprint density at radius 1 is 1.32 bits per heavy atom. The first-order valence-electron chi connectivity index (χ1n) is 6.98. The fourth-order valence-corrected chi connectivity index (χ4v) is 2.09. The minimum absolute atomic E-state index is 0.275. The zero-order chi connectivity index (χ0) is 15.2. The van der Waals surface area contributed by atoms with E-state index in [-0.39, 0.29) is 5.91 Å². The van der Waals surface area contributed by atoms with E-state index in [2.05, 4.69) is 20.2 Å². The monoisotopic (exact) mass is 300 g/mol. The van der Waals surface area contributed by atoms with Crippen molar-refractivity contribution in [3.63, 3.8) is 0 Å². The van der Waals surface area contributed by atoms with Gasteiger partial charge < -0.3 is 19.4 Å². The van der Waals surface area contributed by atoms with Crippen LogP contribution in [0.25, 0.3) is 6.08 Å². The van der Waals surface area contributed by atoms with Crippen molar-refractivity contribution in [1.29, 1.82) is 0 Å². The molecule has 0 atom stereocenters. The summed E-state index contributed by atoms with van der Waals surface area (Å²) in [4.78, 5) is 22.3. The minimum atomic E-state index is -0.275. The molecule has 0 bridgehead atoms. The maximum absolute atomic E-state index is 11.9. The molecule has 7 heteroatoms. The largest absolute Gasteiger partial charge is 0.465 e. The van der Waals surface area contributed by atoms with Gasteiger partial charge in [0, 0.05) is 25.2 Å². The van der Waals surface area contributed by atoms with Crippen LogP contribution in [-0.2, 0) is 9.53 Å². The SMILES string of the molecule is O=C(C=Cc1ccco1)Nc1cc(N2CCOCC2)ncn1. The van der Waals surface area contributed by atoms with Crippen LogP contribution in [0.2, 0.25) is 0 Å². The summed E-state index contributed by atoms with van der Waals surface area (Å²) in [6, 6.07) is 5.28. The van der Waals surface area contributed by atoms with Gasteiger partial charge in [-0.05, 0) is 18.2 Å². The highest BCUT2D eigenvalue weighted by Crippen LogP contribution is 2.15. The smallest absolute Gasteiger partial charge is 0.249 e. The average Bonchev–Trinajstić information content (AvgIpc) is 3.08. The molecule has 1 aliphatic rings. The zero-order valence-corrected chi connectivity index (χ0v) is 11.9. The molecule has 0 aliphatic carbocycles. The van der Waals surface area contributed by atoms with Crippen molar-refractivity contribution in [3.05, 3.63) is 42.6 Å². The number of nitrogens with zero attached hydrogens (tertiary/aromatic N) is 3. The minimum Gasteiger partial charge on any atom is -0.465 e. The third-order valence-corrected chi connectivity index (χ3v) is 3.18. The molecule has 3 rings (SSSR count). The number of aromatic nitrogens is 2. The molecule has 7 nitrogen and oxygen atoms in total. The lowest BCUT2D eigenvalue weighted by atomic mass is 10.3. The van der Waals surface area contributed by atoms with Crippen LogP contribution in [0.1, 0.15) is 5.76 Å². The molecule has 0 spiro atoms. The van der Waals surface area contributed by atoms with Gasteiger partial charge in [0.25, 0.3) is 0 Å². The van der Waals surface area contributed by atoms with E-state index in [1.807, 2.05) is 0 Å². The van der Waals surface area contributed by atoms with Crippen molar-refractivity contribution in [2.45, 2.75) is 0 Å². The van der Waals surface area contributed by atoms with Gasteiger partial charge in [0.15, 0.2) is 0 Å². The summed E-state index contributed by atoms with van der Waals surface area (Å²) in [7, 11) is 0. The summed E-state index contributed by atoms with van der Waals surface area (Å²) in [5.41, 5.74) is 0. The Labute approximate surface area is 127 Å². The van der Waals surface area contributed by atoms with Crippen molar-refractivity contribution in [2.24, 2.45) is 0 Å². The number of hydrogen-bond acceptors (Lipinski definition) is 6. The van der Waals surface area contributed by atoms with Gasteiger partial charge in [-0.25, -0.2) is 9.97 Å². The first-order chi connectivity index (χ1) is 10.8. The molecular formula is C15H16N4O3. The predicted molar refractivity (Wildman–Crippen MR) is 81.4 cm³/mol. The standard InChI is InChI=1S/C15H16N4O3/c20-15(4-3-12-2-1-7-22-12)18-13-10-14(17-11-16-13)19-5-8-21-9-6-19/h1-4,7,10-11H,5-6,8-9H2,(H,16,17,18,20). The summed E-state index contributed by atoms with van der Waals surface area (Å²) in [5.74, 6) is 1.59. The molecule has 0 unspecified atom stereocenters. The van der Waals surface area contributed by atoms with Crippen LogP contribution in [0.15, 0.2) is 41.3 Å². The second-order valence-electron chi connectivity index (χ2n) is 4.70. The number of carbonyl (C=O) groups excluding carboxylic acids is 1. The molecule has 0 saturated carbocycles. The van der Waals surface area contributed by atoms with E-state index in [0.29, 0.717) is 24.8 Å². The topological polar surface area (TPSA) is 80.5 Å². The fourth-order valence-electron chi connectivity index (χ4n) is 2.09. The lowest BCUT2D eigenvalue weighted by Gasteiger charge is -2.27. The van der Waals surface area contributed by atoms with E-state index in [9.17, 15) is 4.79 Å². The Kier molecular flexibility index (Phi) is 4.45. The fraction of sp³-hybridized carbons (Fsp3) is 0.267. The number of morpholine rings is 1. The summed E-state index contributed by atoms with van der Waals surface area (Å²) < 4.78 is 10.4. The Bertz CT molecular complexity index is 649. The molecule has 22 heavy (non-hydrogen) atoms. The first kappa shape index (κ1) is 14.3. The second-order valence-corrected chi connectivity index (χ2v) is 4.70. The van der Waals surface area contributed by atoms with Gasteiger partial charge in [0.2, 0.25) is 5.91 Å². The average molecular weight is 300 g/mol. The highest BCUT2D eigenvalue weighted by Gasteiger charge is 2.13. The predicted octanol–water partition coefficient (Wildman–Crippen LogP) is 1.56. The number of rotatable bonds is 4. The van der Waals surface area contributed by atoms with Gasteiger partial charge in [-0.1, -0.05) is 0 Å². The molecule has 0 aromatic carbocycles. The molecule has 3 heterocycles. The molecule has 2 aromatic heterocycles. The third kappa shape index (κ3) is 3.70. The van der Waals surface area contributed by atoms with Gasteiger partial charge in [0.05, 0.1) is 19.5 Å². The van der Waals surface area contributed by atoms with Gasteiger partial charge in [-0.3, -0.25) is 4.79 Å². The van der Waals surface area contributed by atoms with Crippen LogP contribution in [0.4, 0.5) is 11.6 Å². The number of hydrogen-bond donors (Lipinski definition) is 1. The lowest BCUT2D eigenvalue weighted by molar-refractivity contribution is -0.111. The van der Waals surface area contributed by atoms with Crippen LogP contribution in [0.5, 0.6) is 0 Å². The summed E-state index contributed by atoms with van der Waals surface area (Å²) in [6.45, 7) is 2.92. The summed E-state index contributed by atoms with van der Waals surface area (Å²) >= 11 is 0. The third-order valence-electron chi connectivity index (χ3n) is 3.18. The van der Waals surface area contributed by atoms with Gasteiger partial charge in [-0.2, -0.15) is 0 Å². The van der Waals surface area contributed by atoms with Crippen molar-refractivity contribution in [1.82, 2.24) is 9.97 Å². The van der Waals surface area contributed by atoms with E-state index in [0.717, 1.165) is 18.9 Å². The molecule has 1 amide bonds. The van der Waals surface area contributed by atoms with Crippen molar-refractivity contribution < 1.29 is 13.9 Å². The molecular weight excluding hydrogens is 284 g/mol. The molecule has 1 N–H and O–H groups in total. The van der Waals surface area contributed by atoms with Crippen LogP contribution in [0.3, 0.4) is 0 Å². The van der Waals surface area contributed by atoms with E-state index in [1.54, 1.807) is 30.5 Å². The van der Waals surface area contributed by atoms with Crippen LogP contribution in [0, 0.1) is 0 Å². The number of amides is 1. The molecule has 0 radical (unpaired) electrons. The number of furan rings is 1. The molecule has 1 saturated heterocycles. The molecule has 114 valence electrons. The second kappa shape index (κ2) is 6.86. The van der Waals surface area contributed by atoms with E-state index < -0.39 is 0 Å². The van der Waals surface area contributed by atoms with Gasteiger partial charge in [-0.15, -0.1) is 0 Å². The van der Waals surface area contributed by atoms with E-state index in [1.165, 1.54) is 12.4 Å². The summed E-state index contributed by atoms with van der Waals surface area (Å²) in [5, 5.41) is 2.71. The Hall–Kier alpha value is -2.67. The van der Waals surface area contributed by atoms with E-state index >= 15 is 0 Å².